The van der Waals surface area contributed by atoms with Gasteiger partial charge in [-0.15, -0.1) is 0 Å². The molecule has 7 heteroatoms. The number of amides is 1. The Labute approximate surface area is 180 Å². The van der Waals surface area contributed by atoms with Gasteiger partial charge in [0.25, 0.3) is 5.91 Å². The fourth-order valence-corrected chi connectivity index (χ4v) is 2.83. The summed E-state index contributed by atoms with van der Waals surface area (Å²) in [6.45, 7) is 0.107. The van der Waals surface area contributed by atoms with Gasteiger partial charge in [-0.05, 0) is 42.5 Å². The lowest BCUT2D eigenvalue weighted by atomic mass is 10.2. The second-order valence-corrected chi connectivity index (χ2v) is 6.75. The lowest BCUT2D eigenvalue weighted by molar-refractivity contribution is 0.00477. The number of aliphatic hydroxyl groups excluding tert-OH is 1. The molecule has 0 fully saturated rings. The molecule has 3 aromatic rings. The van der Waals surface area contributed by atoms with Crippen molar-refractivity contribution in [3.05, 3.63) is 89.7 Å². The summed E-state index contributed by atoms with van der Waals surface area (Å²) in [4.78, 5) is 12.4. The quantitative estimate of drug-likeness (QED) is 0.513. The van der Waals surface area contributed by atoms with Gasteiger partial charge < -0.3 is 24.6 Å². The Balaban J connectivity index is 1.43. The van der Waals surface area contributed by atoms with Crippen molar-refractivity contribution >= 4 is 11.6 Å². The summed E-state index contributed by atoms with van der Waals surface area (Å²) in [6, 6.07) is 20.1. The molecular weight excluding hydrogens is 401 g/mol. The summed E-state index contributed by atoms with van der Waals surface area (Å²) >= 11 is 0. The molecule has 0 aliphatic heterocycles. The lowest BCUT2D eigenvalue weighted by Gasteiger charge is -2.14. The lowest BCUT2D eigenvalue weighted by Crippen LogP contribution is -2.23. The number of carbonyl (C=O) groups is 1. The van der Waals surface area contributed by atoms with Crippen LogP contribution in [0.15, 0.2) is 72.8 Å². The molecule has 0 aromatic heterocycles. The van der Waals surface area contributed by atoms with E-state index < -0.39 is 6.10 Å². The molecule has 0 heterocycles. The Morgan fingerprint density at radius 3 is 2.45 bits per heavy atom. The molecule has 31 heavy (non-hydrogen) atoms. The van der Waals surface area contributed by atoms with Crippen molar-refractivity contribution in [1.29, 1.82) is 0 Å². The minimum absolute atomic E-state index is 0.0153. The zero-order chi connectivity index (χ0) is 22.1. The van der Waals surface area contributed by atoms with Gasteiger partial charge in [-0.2, -0.15) is 0 Å². The number of halogens is 1. The van der Waals surface area contributed by atoms with E-state index in [1.54, 1.807) is 66.7 Å². The molecule has 0 aliphatic rings. The standard InChI is InChI=1S/C24H24FNO5/c1-29-23-9-5-3-7-21(23)24(28)26-18-10-12-20(13-11-18)31-16-19(27)15-30-14-17-6-2-4-8-22(17)25/h2-13,19,27H,14-16H2,1H3,(H,26,28)/t19-/m0/s1. The van der Waals surface area contributed by atoms with Crippen LogP contribution in [-0.4, -0.2) is 37.4 Å². The highest BCUT2D eigenvalue weighted by Gasteiger charge is 2.12. The minimum Gasteiger partial charge on any atom is -0.496 e. The van der Waals surface area contributed by atoms with Gasteiger partial charge in [0, 0.05) is 11.3 Å². The summed E-state index contributed by atoms with van der Waals surface area (Å²) in [5.41, 5.74) is 1.46. The molecule has 162 valence electrons. The molecular formula is C24H24FNO5. The van der Waals surface area contributed by atoms with Crippen LogP contribution in [0.4, 0.5) is 10.1 Å². The summed E-state index contributed by atoms with van der Waals surface area (Å²) in [6.07, 6.45) is -0.864. The van der Waals surface area contributed by atoms with Crippen LogP contribution in [0, 0.1) is 5.82 Å². The SMILES string of the molecule is COc1ccccc1C(=O)Nc1ccc(OC[C@@H](O)COCc2ccccc2F)cc1. The molecule has 0 aliphatic carbocycles. The van der Waals surface area contributed by atoms with Gasteiger partial charge in [0.1, 0.15) is 30.0 Å². The molecule has 1 atom stereocenters. The highest BCUT2D eigenvalue weighted by molar-refractivity contribution is 6.06. The van der Waals surface area contributed by atoms with Gasteiger partial charge in [0.05, 0.1) is 25.9 Å². The van der Waals surface area contributed by atoms with E-state index in [-0.39, 0.29) is 31.5 Å². The van der Waals surface area contributed by atoms with Gasteiger partial charge in [-0.25, -0.2) is 4.39 Å². The number of ether oxygens (including phenoxy) is 3. The number of hydrogen-bond acceptors (Lipinski definition) is 5. The van der Waals surface area contributed by atoms with Crippen LogP contribution in [-0.2, 0) is 11.3 Å². The maximum absolute atomic E-state index is 13.5. The van der Waals surface area contributed by atoms with Crippen molar-refractivity contribution in [3.63, 3.8) is 0 Å². The zero-order valence-corrected chi connectivity index (χ0v) is 17.1. The maximum Gasteiger partial charge on any atom is 0.259 e. The van der Waals surface area contributed by atoms with Gasteiger partial charge in [0.15, 0.2) is 0 Å². The molecule has 3 rings (SSSR count). The number of carbonyl (C=O) groups excluding carboxylic acids is 1. The average Bonchev–Trinajstić information content (AvgIpc) is 2.80. The fourth-order valence-electron chi connectivity index (χ4n) is 2.83. The summed E-state index contributed by atoms with van der Waals surface area (Å²) in [5, 5.41) is 12.8. The van der Waals surface area contributed by atoms with Crippen LogP contribution >= 0.6 is 0 Å². The zero-order valence-electron chi connectivity index (χ0n) is 17.1. The number of methoxy groups -OCH3 is 1. The number of aliphatic hydroxyl groups is 1. The van der Waals surface area contributed by atoms with E-state index in [4.69, 9.17) is 14.2 Å². The summed E-state index contributed by atoms with van der Waals surface area (Å²) in [5.74, 6) is 0.397. The average molecular weight is 425 g/mol. The fraction of sp³-hybridized carbons (Fsp3) is 0.208. The van der Waals surface area contributed by atoms with Crippen LogP contribution in [0.3, 0.4) is 0 Å². The molecule has 0 radical (unpaired) electrons. The van der Waals surface area contributed by atoms with Crippen molar-refractivity contribution in [3.8, 4) is 11.5 Å². The normalized spacial score (nSPS) is 11.6. The Kier molecular flexibility index (Phi) is 7.98. The van der Waals surface area contributed by atoms with Crippen molar-refractivity contribution in [2.24, 2.45) is 0 Å². The number of benzene rings is 3. The first kappa shape index (κ1) is 22.3. The van der Waals surface area contributed by atoms with Crippen LogP contribution in [0.2, 0.25) is 0 Å². The van der Waals surface area contributed by atoms with E-state index in [1.165, 1.54) is 13.2 Å². The molecule has 2 N–H and O–H groups in total. The first-order valence-electron chi connectivity index (χ1n) is 9.73. The first-order valence-corrected chi connectivity index (χ1v) is 9.73. The Morgan fingerprint density at radius 2 is 1.71 bits per heavy atom. The number of hydrogen-bond donors (Lipinski definition) is 2. The Bertz CT molecular complexity index is 993. The number of nitrogens with one attached hydrogen (secondary N) is 1. The Hall–Kier alpha value is -3.42. The molecule has 0 unspecified atom stereocenters. The number of rotatable bonds is 10. The summed E-state index contributed by atoms with van der Waals surface area (Å²) in [7, 11) is 1.51. The van der Waals surface area contributed by atoms with E-state index in [0.29, 0.717) is 28.3 Å². The topological polar surface area (TPSA) is 77.0 Å². The van der Waals surface area contributed by atoms with E-state index in [2.05, 4.69) is 5.32 Å². The van der Waals surface area contributed by atoms with Gasteiger partial charge in [-0.1, -0.05) is 30.3 Å². The second-order valence-electron chi connectivity index (χ2n) is 6.75. The number of anilines is 1. The molecule has 0 bridgehead atoms. The van der Waals surface area contributed by atoms with Gasteiger partial charge in [0.2, 0.25) is 0 Å². The van der Waals surface area contributed by atoms with E-state index in [1.807, 2.05) is 0 Å². The summed E-state index contributed by atoms with van der Waals surface area (Å²) < 4.78 is 29.6. The highest BCUT2D eigenvalue weighted by atomic mass is 19.1. The van der Waals surface area contributed by atoms with Crippen LogP contribution in [0.1, 0.15) is 15.9 Å². The maximum atomic E-state index is 13.5. The molecule has 0 saturated carbocycles. The number of para-hydroxylation sites is 1. The molecule has 0 spiro atoms. The molecule has 1 amide bonds. The van der Waals surface area contributed by atoms with E-state index in [0.717, 1.165) is 0 Å². The van der Waals surface area contributed by atoms with Crippen LogP contribution in [0.5, 0.6) is 11.5 Å². The van der Waals surface area contributed by atoms with Crippen molar-refractivity contribution in [2.75, 3.05) is 25.6 Å². The second kappa shape index (κ2) is 11.1. The molecule has 3 aromatic carbocycles. The smallest absolute Gasteiger partial charge is 0.259 e. The first-order chi connectivity index (χ1) is 15.1. The van der Waals surface area contributed by atoms with Crippen molar-refractivity contribution < 1.29 is 28.5 Å². The third kappa shape index (κ3) is 6.53. The van der Waals surface area contributed by atoms with Crippen molar-refractivity contribution in [1.82, 2.24) is 0 Å². The largest absolute Gasteiger partial charge is 0.496 e. The monoisotopic (exact) mass is 425 g/mol. The van der Waals surface area contributed by atoms with Crippen LogP contribution < -0.4 is 14.8 Å². The third-order valence-electron chi connectivity index (χ3n) is 4.43. The van der Waals surface area contributed by atoms with E-state index in [9.17, 15) is 14.3 Å². The predicted octanol–water partition coefficient (Wildman–Crippen LogP) is 4.04. The molecule has 0 saturated heterocycles. The van der Waals surface area contributed by atoms with E-state index >= 15 is 0 Å². The minimum atomic E-state index is -0.864. The van der Waals surface area contributed by atoms with Gasteiger partial charge >= 0.3 is 0 Å². The Morgan fingerprint density at radius 1 is 1.00 bits per heavy atom. The highest BCUT2D eigenvalue weighted by Crippen LogP contribution is 2.21. The van der Waals surface area contributed by atoms with Gasteiger partial charge in [-0.3, -0.25) is 4.79 Å². The molecule has 6 nitrogen and oxygen atoms in total. The van der Waals surface area contributed by atoms with Crippen molar-refractivity contribution in [2.45, 2.75) is 12.7 Å². The third-order valence-corrected chi connectivity index (χ3v) is 4.43. The van der Waals surface area contributed by atoms with Crippen LogP contribution in [0.25, 0.3) is 0 Å². The predicted molar refractivity (Wildman–Crippen MR) is 115 cm³/mol.